The van der Waals surface area contributed by atoms with Crippen molar-refractivity contribution in [2.24, 2.45) is 0 Å². The summed E-state index contributed by atoms with van der Waals surface area (Å²) in [5, 5.41) is 3.38. The molecule has 0 aromatic heterocycles. The van der Waals surface area contributed by atoms with Gasteiger partial charge in [0.15, 0.2) is 0 Å². The average Bonchev–Trinajstić information content (AvgIpc) is 2.38. The van der Waals surface area contributed by atoms with E-state index in [1.54, 1.807) is 7.11 Å². The summed E-state index contributed by atoms with van der Waals surface area (Å²) in [5.74, 6) is 0. The first kappa shape index (κ1) is 16.1. The van der Waals surface area contributed by atoms with E-state index in [-0.39, 0.29) is 0 Å². The zero-order valence-electron chi connectivity index (χ0n) is 12.3. The van der Waals surface area contributed by atoms with Crippen molar-refractivity contribution in [2.45, 2.75) is 13.2 Å². The number of rotatable bonds is 10. The van der Waals surface area contributed by atoms with E-state index in [1.807, 2.05) is 0 Å². The number of likely N-dealkylation sites (N-methyl/N-ethyl adjacent to an activating group) is 1. The van der Waals surface area contributed by atoms with Crippen LogP contribution in [0.3, 0.4) is 0 Å². The fraction of sp³-hybridized carbons (Fsp3) is 0.600. The summed E-state index contributed by atoms with van der Waals surface area (Å²) in [6, 6.07) is 8.44. The minimum Gasteiger partial charge on any atom is -0.380 e. The molecule has 0 bridgehead atoms. The molecule has 0 amide bonds. The topological polar surface area (TPSA) is 33.7 Å². The predicted octanol–water partition coefficient (Wildman–Crippen LogP) is 1.50. The highest BCUT2D eigenvalue weighted by Crippen LogP contribution is 2.05. The molecule has 0 saturated carbocycles. The molecule has 0 aliphatic carbocycles. The summed E-state index contributed by atoms with van der Waals surface area (Å²) in [5.41, 5.74) is 2.49. The highest BCUT2D eigenvalue weighted by molar-refractivity contribution is 5.22. The van der Waals surface area contributed by atoms with Crippen LogP contribution in [-0.2, 0) is 22.6 Å². The van der Waals surface area contributed by atoms with E-state index >= 15 is 0 Å². The van der Waals surface area contributed by atoms with Crippen molar-refractivity contribution >= 4 is 0 Å². The third-order valence-corrected chi connectivity index (χ3v) is 2.74. The largest absolute Gasteiger partial charge is 0.380 e. The van der Waals surface area contributed by atoms with Gasteiger partial charge in [-0.2, -0.15) is 0 Å². The van der Waals surface area contributed by atoms with Crippen LogP contribution in [0, 0.1) is 0 Å². The first-order valence-electron chi connectivity index (χ1n) is 6.72. The SMILES string of the molecule is COCc1cccc(CNCCOCCN(C)C)c1. The number of methoxy groups -OCH3 is 1. The number of nitrogens with zero attached hydrogens (tertiary/aromatic N) is 1. The lowest BCUT2D eigenvalue weighted by Crippen LogP contribution is -2.23. The van der Waals surface area contributed by atoms with E-state index in [2.05, 4.69) is 48.6 Å². The molecule has 4 heteroatoms. The van der Waals surface area contributed by atoms with E-state index < -0.39 is 0 Å². The van der Waals surface area contributed by atoms with Crippen LogP contribution in [0.25, 0.3) is 0 Å². The molecule has 0 fully saturated rings. The second kappa shape index (κ2) is 9.92. The van der Waals surface area contributed by atoms with Crippen LogP contribution < -0.4 is 5.32 Å². The van der Waals surface area contributed by atoms with Crippen molar-refractivity contribution in [2.75, 3.05) is 47.5 Å². The van der Waals surface area contributed by atoms with Gasteiger partial charge < -0.3 is 19.7 Å². The van der Waals surface area contributed by atoms with Crippen LogP contribution in [-0.4, -0.2) is 52.4 Å². The number of benzene rings is 1. The minimum absolute atomic E-state index is 0.668. The molecule has 1 aromatic rings. The van der Waals surface area contributed by atoms with Gasteiger partial charge in [0.05, 0.1) is 19.8 Å². The molecule has 0 spiro atoms. The Morgan fingerprint density at radius 3 is 2.68 bits per heavy atom. The lowest BCUT2D eigenvalue weighted by molar-refractivity contribution is 0.119. The van der Waals surface area contributed by atoms with Gasteiger partial charge in [-0.3, -0.25) is 0 Å². The summed E-state index contributed by atoms with van der Waals surface area (Å²) in [6.45, 7) is 4.93. The van der Waals surface area contributed by atoms with Crippen molar-refractivity contribution in [3.05, 3.63) is 35.4 Å². The Bertz CT molecular complexity index is 343. The van der Waals surface area contributed by atoms with Crippen molar-refractivity contribution < 1.29 is 9.47 Å². The van der Waals surface area contributed by atoms with Gasteiger partial charge in [0.2, 0.25) is 0 Å². The maximum Gasteiger partial charge on any atom is 0.0713 e. The molecule has 0 radical (unpaired) electrons. The third kappa shape index (κ3) is 7.95. The van der Waals surface area contributed by atoms with Gasteiger partial charge in [0.1, 0.15) is 0 Å². The zero-order valence-corrected chi connectivity index (χ0v) is 12.3. The molecule has 0 heterocycles. The summed E-state index contributed by atoms with van der Waals surface area (Å²) >= 11 is 0. The van der Waals surface area contributed by atoms with Crippen LogP contribution in [0.4, 0.5) is 0 Å². The maximum absolute atomic E-state index is 5.52. The standard InChI is InChI=1S/C15H26N2O2/c1-17(2)8-10-19-9-7-16-12-14-5-4-6-15(11-14)13-18-3/h4-6,11,16H,7-10,12-13H2,1-3H3. The Morgan fingerprint density at radius 2 is 1.95 bits per heavy atom. The number of nitrogens with one attached hydrogen (secondary N) is 1. The molecule has 0 saturated heterocycles. The average molecular weight is 266 g/mol. The molecule has 1 aromatic carbocycles. The Kier molecular flexibility index (Phi) is 8.41. The minimum atomic E-state index is 0.668. The lowest BCUT2D eigenvalue weighted by atomic mass is 10.1. The molecule has 4 nitrogen and oxygen atoms in total. The summed E-state index contributed by atoms with van der Waals surface area (Å²) in [7, 11) is 5.82. The van der Waals surface area contributed by atoms with Gasteiger partial charge in [-0.15, -0.1) is 0 Å². The quantitative estimate of drug-likeness (QED) is 0.651. The maximum atomic E-state index is 5.52. The molecule has 1 N–H and O–H groups in total. The molecular weight excluding hydrogens is 240 g/mol. The van der Waals surface area contributed by atoms with Gasteiger partial charge in [-0.1, -0.05) is 24.3 Å². The highest BCUT2D eigenvalue weighted by atomic mass is 16.5. The summed E-state index contributed by atoms with van der Waals surface area (Å²) < 4.78 is 10.6. The smallest absolute Gasteiger partial charge is 0.0713 e. The second-order valence-corrected chi connectivity index (χ2v) is 4.85. The zero-order chi connectivity index (χ0) is 13.9. The lowest BCUT2D eigenvalue weighted by Gasteiger charge is -2.10. The van der Waals surface area contributed by atoms with Crippen LogP contribution in [0.5, 0.6) is 0 Å². The van der Waals surface area contributed by atoms with Gasteiger partial charge in [-0.05, 0) is 25.2 Å². The third-order valence-electron chi connectivity index (χ3n) is 2.74. The van der Waals surface area contributed by atoms with E-state index in [4.69, 9.17) is 9.47 Å². The number of hydrogen-bond donors (Lipinski definition) is 1. The van der Waals surface area contributed by atoms with E-state index in [9.17, 15) is 0 Å². The van der Waals surface area contributed by atoms with E-state index in [0.717, 1.165) is 32.8 Å². The van der Waals surface area contributed by atoms with Crippen LogP contribution in [0.2, 0.25) is 0 Å². The van der Waals surface area contributed by atoms with Gasteiger partial charge >= 0.3 is 0 Å². The molecule has 19 heavy (non-hydrogen) atoms. The molecular formula is C15H26N2O2. The van der Waals surface area contributed by atoms with Crippen molar-refractivity contribution in [3.8, 4) is 0 Å². The molecule has 0 aliphatic heterocycles. The van der Waals surface area contributed by atoms with Crippen molar-refractivity contribution in [1.82, 2.24) is 10.2 Å². The summed E-state index contributed by atoms with van der Waals surface area (Å²) in [4.78, 5) is 2.12. The first-order chi connectivity index (χ1) is 9.22. The number of hydrogen-bond acceptors (Lipinski definition) is 4. The van der Waals surface area contributed by atoms with Gasteiger partial charge in [-0.25, -0.2) is 0 Å². The van der Waals surface area contributed by atoms with Crippen LogP contribution in [0.15, 0.2) is 24.3 Å². The molecule has 0 unspecified atom stereocenters. The Morgan fingerprint density at radius 1 is 1.16 bits per heavy atom. The predicted molar refractivity (Wildman–Crippen MR) is 78.2 cm³/mol. The van der Waals surface area contributed by atoms with E-state index in [1.165, 1.54) is 11.1 Å². The van der Waals surface area contributed by atoms with E-state index in [0.29, 0.717) is 6.61 Å². The normalized spacial score (nSPS) is 11.2. The Labute approximate surface area is 116 Å². The summed E-state index contributed by atoms with van der Waals surface area (Å²) in [6.07, 6.45) is 0. The van der Waals surface area contributed by atoms with Gasteiger partial charge in [0.25, 0.3) is 0 Å². The molecule has 108 valence electrons. The number of ether oxygens (including phenoxy) is 2. The Balaban J connectivity index is 2.10. The molecule has 0 atom stereocenters. The fourth-order valence-electron chi connectivity index (χ4n) is 1.72. The highest BCUT2D eigenvalue weighted by Gasteiger charge is 1.96. The fourth-order valence-corrected chi connectivity index (χ4v) is 1.72. The van der Waals surface area contributed by atoms with Crippen LogP contribution >= 0.6 is 0 Å². The molecule has 1 rings (SSSR count). The van der Waals surface area contributed by atoms with Crippen molar-refractivity contribution in [1.29, 1.82) is 0 Å². The van der Waals surface area contributed by atoms with Crippen molar-refractivity contribution in [3.63, 3.8) is 0 Å². The van der Waals surface area contributed by atoms with Crippen LogP contribution in [0.1, 0.15) is 11.1 Å². The Hall–Kier alpha value is -0.940. The van der Waals surface area contributed by atoms with Gasteiger partial charge in [0, 0.05) is 26.7 Å². The monoisotopic (exact) mass is 266 g/mol. The molecule has 0 aliphatic rings. The first-order valence-corrected chi connectivity index (χ1v) is 6.72. The second-order valence-electron chi connectivity index (χ2n) is 4.85.